The Kier molecular flexibility index (Phi) is 6.51. The average Bonchev–Trinajstić information content (AvgIpc) is 2.55. The minimum absolute atomic E-state index is 0.512. The van der Waals surface area contributed by atoms with Crippen molar-refractivity contribution < 1.29 is 5.11 Å². The molecule has 0 saturated heterocycles. The molecule has 0 unspecified atom stereocenters. The maximum atomic E-state index is 10.6. The highest BCUT2D eigenvalue weighted by Gasteiger charge is 2.10. The highest BCUT2D eigenvalue weighted by molar-refractivity contribution is 5.46. The van der Waals surface area contributed by atoms with Crippen molar-refractivity contribution in [2.75, 3.05) is 0 Å². The molecule has 0 saturated carbocycles. The van der Waals surface area contributed by atoms with Crippen LogP contribution >= 0.6 is 0 Å². The van der Waals surface area contributed by atoms with Crippen LogP contribution < -0.4 is 0 Å². The molecule has 0 fully saturated rings. The van der Waals surface area contributed by atoms with Crippen molar-refractivity contribution in [2.24, 2.45) is 0 Å². The average molecular weight is 296 g/mol. The van der Waals surface area contributed by atoms with Crippen molar-refractivity contribution in [1.82, 2.24) is 0 Å². The first-order valence-corrected chi connectivity index (χ1v) is 8.62. The van der Waals surface area contributed by atoms with Gasteiger partial charge in [0.25, 0.3) is 0 Å². The molecule has 0 aromatic heterocycles. The molecule has 0 aliphatic carbocycles. The quantitative estimate of drug-likeness (QED) is 0.665. The van der Waals surface area contributed by atoms with E-state index in [0.29, 0.717) is 5.75 Å². The Hall–Kier alpha value is -1.76. The smallest absolute Gasteiger partial charge is 0.122 e. The molecule has 0 atom stereocenters. The van der Waals surface area contributed by atoms with Gasteiger partial charge in [-0.25, -0.2) is 0 Å². The molecular weight excluding hydrogens is 268 g/mol. The molecule has 1 heteroatoms. The summed E-state index contributed by atoms with van der Waals surface area (Å²) in [6.07, 6.45) is 7.61. The van der Waals surface area contributed by atoms with Gasteiger partial charge >= 0.3 is 0 Å². The summed E-state index contributed by atoms with van der Waals surface area (Å²) in [5, 5.41) is 10.6. The van der Waals surface area contributed by atoms with Gasteiger partial charge in [-0.3, -0.25) is 0 Å². The first-order chi connectivity index (χ1) is 10.7. The topological polar surface area (TPSA) is 20.2 Å². The molecule has 0 heterocycles. The first-order valence-electron chi connectivity index (χ1n) is 8.62. The van der Waals surface area contributed by atoms with E-state index in [2.05, 4.69) is 50.2 Å². The fraction of sp³-hybridized carbons (Fsp3) is 0.429. The SMILES string of the molecule is CCCCc1cc(CCCC)c(O)c(Cc2ccccc2)c1. The van der Waals surface area contributed by atoms with Crippen molar-refractivity contribution in [3.05, 3.63) is 64.7 Å². The monoisotopic (exact) mass is 296 g/mol. The number of phenolic OH excluding ortho intramolecular Hbond substituents is 1. The number of hydrogen-bond donors (Lipinski definition) is 1. The molecule has 118 valence electrons. The van der Waals surface area contributed by atoms with E-state index in [1.165, 1.54) is 24.0 Å². The number of rotatable bonds is 8. The van der Waals surface area contributed by atoms with Crippen LogP contribution in [0.2, 0.25) is 0 Å². The Morgan fingerprint density at radius 1 is 0.773 bits per heavy atom. The normalized spacial score (nSPS) is 10.8. The van der Waals surface area contributed by atoms with E-state index < -0.39 is 0 Å². The third-order valence-corrected chi connectivity index (χ3v) is 4.18. The molecule has 0 amide bonds. The Labute approximate surface area is 135 Å². The van der Waals surface area contributed by atoms with Crippen LogP contribution in [0.4, 0.5) is 0 Å². The molecule has 0 aliphatic rings. The maximum absolute atomic E-state index is 10.6. The Balaban J connectivity index is 2.28. The summed E-state index contributed by atoms with van der Waals surface area (Å²) in [5.74, 6) is 0.512. The summed E-state index contributed by atoms with van der Waals surface area (Å²) in [7, 11) is 0. The van der Waals surface area contributed by atoms with Crippen molar-refractivity contribution >= 4 is 0 Å². The van der Waals surface area contributed by atoms with Gasteiger partial charge in [-0.2, -0.15) is 0 Å². The number of aryl methyl sites for hydroxylation is 2. The summed E-state index contributed by atoms with van der Waals surface area (Å²) in [6.45, 7) is 4.42. The van der Waals surface area contributed by atoms with E-state index >= 15 is 0 Å². The zero-order chi connectivity index (χ0) is 15.8. The van der Waals surface area contributed by atoms with Crippen molar-refractivity contribution in [2.45, 2.75) is 58.8 Å². The van der Waals surface area contributed by atoms with Gasteiger partial charge in [0.1, 0.15) is 5.75 Å². The van der Waals surface area contributed by atoms with Crippen LogP contribution in [0.25, 0.3) is 0 Å². The summed E-state index contributed by atoms with van der Waals surface area (Å²) >= 11 is 0. The molecule has 22 heavy (non-hydrogen) atoms. The lowest BCUT2D eigenvalue weighted by Gasteiger charge is -2.13. The lowest BCUT2D eigenvalue weighted by Crippen LogP contribution is -1.97. The lowest BCUT2D eigenvalue weighted by molar-refractivity contribution is 0.460. The van der Waals surface area contributed by atoms with E-state index in [0.717, 1.165) is 43.2 Å². The number of unbranched alkanes of at least 4 members (excludes halogenated alkanes) is 2. The fourth-order valence-corrected chi connectivity index (χ4v) is 2.87. The van der Waals surface area contributed by atoms with Crippen LogP contribution in [-0.4, -0.2) is 5.11 Å². The zero-order valence-electron chi connectivity index (χ0n) is 13.9. The number of phenols is 1. The highest BCUT2D eigenvalue weighted by atomic mass is 16.3. The minimum atomic E-state index is 0.512. The Morgan fingerprint density at radius 3 is 2.09 bits per heavy atom. The molecule has 0 radical (unpaired) electrons. The molecular formula is C21H28O. The number of benzene rings is 2. The number of hydrogen-bond acceptors (Lipinski definition) is 1. The van der Waals surface area contributed by atoms with Crippen molar-refractivity contribution in [3.63, 3.8) is 0 Å². The second-order valence-corrected chi connectivity index (χ2v) is 6.13. The van der Waals surface area contributed by atoms with E-state index in [1.54, 1.807) is 0 Å². The van der Waals surface area contributed by atoms with Crippen LogP contribution in [0.5, 0.6) is 5.75 Å². The highest BCUT2D eigenvalue weighted by Crippen LogP contribution is 2.29. The van der Waals surface area contributed by atoms with Gasteiger partial charge in [0.2, 0.25) is 0 Å². The molecule has 2 rings (SSSR count). The van der Waals surface area contributed by atoms with Crippen LogP contribution in [0, 0.1) is 0 Å². The van der Waals surface area contributed by atoms with Gasteiger partial charge < -0.3 is 5.11 Å². The molecule has 0 bridgehead atoms. The van der Waals surface area contributed by atoms with Crippen LogP contribution in [0.1, 0.15) is 61.8 Å². The van der Waals surface area contributed by atoms with E-state index in [9.17, 15) is 5.11 Å². The minimum Gasteiger partial charge on any atom is -0.507 e. The molecule has 0 aliphatic heterocycles. The second kappa shape index (κ2) is 8.63. The van der Waals surface area contributed by atoms with E-state index in [4.69, 9.17) is 0 Å². The van der Waals surface area contributed by atoms with Crippen molar-refractivity contribution in [3.8, 4) is 5.75 Å². The molecule has 2 aromatic rings. The predicted molar refractivity (Wildman–Crippen MR) is 94.6 cm³/mol. The van der Waals surface area contributed by atoms with E-state index in [-0.39, 0.29) is 0 Å². The number of aromatic hydroxyl groups is 1. The van der Waals surface area contributed by atoms with Gasteiger partial charge in [-0.15, -0.1) is 0 Å². The van der Waals surface area contributed by atoms with Crippen LogP contribution in [0.3, 0.4) is 0 Å². The third-order valence-electron chi connectivity index (χ3n) is 4.18. The van der Waals surface area contributed by atoms with Gasteiger partial charge in [0, 0.05) is 6.42 Å². The van der Waals surface area contributed by atoms with Gasteiger partial charge in [0.05, 0.1) is 0 Å². The third kappa shape index (κ3) is 4.62. The maximum Gasteiger partial charge on any atom is 0.122 e. The summed E-state index contributed by atoms with van der Waals surface area (Å²) in [4.78, 5) is 0. The van der Waals surface area contributed by atoms with Gasteiger partial charge in [-0.05, 0) is 47.9 Å². The Morgan fingerprint density at radius 2 is 1.41 bits per heavy atom. The zero-order valence-corrected chi connectivity index (χ0v) is 13.9. The molecule has 0 spiro atoms. The summed E-state index contributed by atoms with van der Waals surface area (Å²) < 4.78 is 0. The van der Waals surface area contributed by atoms with Crippen LogP contribution in [-0.2, 0) is 19.3 Å². The molecule has 2 aromatic carbocycles. The van der Waals surface area contributed by atoms with Gasteiger partial charge in [-0.1, -0.05) is 69.2 Å². The second-order valence-electron chi connectivity index (χ2n) is 6.13. The predicted octanol–water partition coefficient (Wildman–Crippen LogP) is 5.67. The van der Waals surface area contributed by atoms with Gasteiger partial charge in [0.15, 0.2) is 0 Å². The summed E-state index contributed by atoms with van der Waals surface area (Å²) in [6, 6.07) is 14.8. The molecule has 1 N–H and O–H groups in total. The Bertz CT molecular complexity index is 572. The van der Waals surface area contributed by atoms with Crippen molar-refractivity contribution in [1.29, 1.82) is 0 Å². The first kappa shape index (κ1) is 16.6. The summed E-state index contributed by atoms with van der Waals surface area (Å²) in [5.41, 5.74) is 4.83. The fourth-order valence-electron chi connectivity index (χ4n) is 2.87. The van der Waals surface area contributed by atoms with E-state index in [1.807, 2.05) is 6.07 Å². The molecule has 1 nitrogen and oxygen atoms in total. The lowest BCUT2D eigenvalue weighted by atomic mass is 9.94. The standard InChI is InChI=1S/C21H28O/c1-3-5-10-18-15-19(13-6-4-2)21(22)20(16-18)14-17-11-8-7-9-12-17/h7-9,11-12,15-16,22H,3-6,10,13-14H2,1-2H3. The van der Waals surface area contributed by atoms with Crippen LogP contribution in [0.15, 0.2) is 42.5 Å². The largest absolute Gasteiger partial charge is 0.507 e.